The van der Waals surface area contributed by atoms with E-state index in [0.29, 0.717) is 17.6 Å². The van der Waals surface area contributed by atoms with Crippen LogP contribution in [0.5, 0.6) is 5.75 Å². The Labute approximate surface area is 225 Å². The molecule has 39 heavy (non-hydrogen) atoms. The molecular formula is C31H29N5O3. The van der Waals surface area contributed by atoms with Crippen molar-refractivity contribution >= 4 is 16.5 Å². The van der Waals surface area contributed by atoms with Gasteiger partial charge in [-0.1, -0.05) is 78.4 Å². The third kappa shape index (κ3) is 5.37. The van der Waals surface area contributed by atoms with E-state index in [2.05, 4.69) is 86.2 Å². The molecule has 0 spiro atoms. The lowest BCUT2D eigenvalue weighted by molar-refractivity contribution is 0.222. The predicted octanol–water partition coefficient (Wildman–Crippen LogP) is 5.34. The zero-order valence-electron chi connectivity index (χ0n) is 21.5. The second-order valence-corrected chi connectivity index (χ2v) is 9.58. The van der Waals surface area contributed by atoms with E-state index in [1.54, 1.807) is 18.2 Å². The standard InChI is InChI=1S/C31H29N5O3/c37-28-25-14-7-8-15-26(25)39-30(31-32-34-35-33-31)29(28)38-21-9-18-36-19-16-24(17-20-36)27(22-10-3-1-4-11-22)23-12-5-2-6-13-23/h1-8,10-15H,9,16-21H2,(H,32,33,34,35). The fourth-order valence-corrected chi connectivity index (χ4v) is 5.20. The predicted molar refractivity (Wildman–Crippen MR) is 150 cm³/mol. The molecule has 1 aliphatic rings. The maximum atomic E-state index is 13.2. The number of nitrogens with zero attached hydrogens (tertiary/aromatic N) is 4. The summed E-state index contributed by atoms with van der Waals surface area (Å²) in [6.45, 7) is 3.25. The number of piperidine rings is 1. The number of hydrogen-bond donors (Lipinski definition) is 1. The summed E-state index contributed by atoms with van der Waals surface area (Å²) in [4.78, 5) is 15.6. The average molecular weight is 520 g/mol. The molecule has 0 bridgehead atoms. The van der Waals surface area contributed by atoms with Crippen LogP contribution in [0.1, 0.15) is 30.4 Å². The van der Waals surface area contributed by atoms with Crippen molar-refractivity contribution in [3.8, 4) is 17.3 Å². The Kier molecular flexibility index (Phi) is 7.27. The molecule has 1 saturated heterocycles. The first-order chi connectivity index (χ1) is 19.3. The van der Waals surface area contributed by atoms with Gasteiger partial charge in [-0.3, -0.25) is 4.79 Å². The first-order valence-corrected chi connectivity index (χ1v) is 13.3. The third-order valence-corrected chi connectivity index (χ3v) is 7.11. The lowest BCUT2D eigenvalue weighted by Crippen LogP contribution is -2.32. The van der Waals surface area contributed by atoms with Crippen LogP contribution in [-0.4, -0.2) is 51.8 Å². The molecule has 0 radical (unpaired) electrons. The van der Waals surface area contributed by atoms with Gasteiger partial charge in [0.1, 0.15) is 5.58 Å². The van der Waals surface area contributed by atoms with Crippen molar-refractivity contribution in [1.29, 1.82) is 0 Å². The summed E-state index contributed by atoms with van der Waals surface area (Å²) in [7, 11) is 0. The van der Waals surface area contributed by atoms with Gasteiger partial charge in [-0.05, 0) is 53.3 Å². The highest BCUT2D eigenvalue weighted by atomic mass is 16.5. The number of benzene rings is 3. The molecule has 8 nitrogen and oxygen atoms in total. The van der Waals surface area contributed by atoms with E-state index in [9.17, 15) is 4.79 Å². The van der Waals surface area contributed by atoms with Crippen molar-refractivity contribution in [2.75, 3.05) is 26.2 Å². The minimum atomic E-state index is -0.237. The molecule has 0 amide bonds. The largest absolute Gasteiger partial charge is 0.486 e. The van der Waals surface area contributed by atoms with E-state index in [0.717, 1.165) is 38.9 Å². The van der Waals surface area contributed by atoms with E-state index in [-0.39, 0.29) is 22.8 Å². The SMILES string of the molecule is O=c1c(OCCCN2CCC(=C(c3ccccc3)c3ccccc3)CC2)c(-c2nn[nH]n2)oc2ccccc12. The van der Waals surface area contributed by atoms with Crippen molar-refractivity contribution in [2.24, 2.45) is 0 Å². The van der Waals surface area contributed by atoms with E-state index < -0.39 is 0 Å². The first kappa shape index (κ1) is 24.8. The molecule has 8 heteroatoms. The van der Waals surface area contributed by atoms with E-state index >= 15 is 0 Å². The Morgan fingerprint density at radius 1 is 0.897 bits per heavy atom. The van der Waals surface area contributed by atoms with Gasteiger partial charge in [-0.2, -0.15) is 5.21 Å². The Balaban J connectivity index is 1.12. The second-order valence-electron chi connectivity index (χ2n) is 9.58. The van der Waals surface area contributed by atoms with Gasteiger partial charge in [0.25, 0.3) is 0 Å². The normalized spacial score (nSPS) is 14.0. The highest BCUT2D eigenvalue weighted by Crippen LogP contribution is 2.32. The summed E-state index contributed by atoms with van der Waals surface area (Å²) in [5.74, 6) is 0.500. The van der Waals surface area contributed by atoms with Gasteiger partial charge in [0.05, 0.1) is 12.0 Å². The number of fused-ring (bicyclic) bond motifs is 1. The molecule has 2 aromatic heterocycles. The minimum Gasteiger partial charge on any atom is -0.486 e. The number of nitrogens with one attached hydrogen (secondary N) is 1. The highest BCUT2D eigenvalue weighted by Gasteiger charge is 2.22. The average Bonchev–Trinajstić information content (AvgIpc) is 3.53. The molecule has 0 aliphatic carbocycles. The van der Waals surface area contributed by atoms with Gasteiger partial charge in [0, 0.05) is 19.6 Å². The summed E-state index contributed by atoms with van der Waals surface area (Å²) in [6.07, 6.45) is 2.83. The van der Waals surface area contributed by atoms with Gasteiger partial charge in [-0.15, -0.1) is 10.2 Å². The van der Waals surface area contributed by atoms with Crippen molar-refractivity contribution in [1.82, 2.24) is 25.5 Å². The Morgan fingerprint density at radius 2 is 1.56 bits per heavy atom. The number of tetrazole rings is 1. The lowest BCUT2D eigenvalue weighted by atomic mass is 9.88. The van der Waals surface area contributed by atoms with Crippen LogP contribution in [0.3, 0.4) is 0 Å². The topological polar surface area (TPSA) is 97.1 Å². The lowest BCUT2D eigenvalue weighted by Gasteiger charge is -2.30. The maximum absolute atomic E-state index is 13.2. The van der Waals surface area contributed by atoms with Crippen LogP contribution in [0.2, 0.25) is 0 Å². The van der Waals surface area contributed by atoms with Gasteiger partial charge in [0.15, 0.2) is 0 Å². The molecule has 3 heterocycles. The number of ether oxygens (including phenoxy) is 1. The van der Waals surface area contributed by atoms with E-state index in [1.165, 1.54) is 22.3 Å². The van der Waals surface area contributed by atoms with E-state index in [4.69, 9.17) is 9.15 Å². The van der Waals surface area contributed by atoms with Gasteiger partial charge in [-0.25, -0.2) is 0 Å². The molecule has 3 aromatic carbocycles. The summed E-state index contributed by atoms with van der Waals surface area (Å²) in [5, 5.41) is 14.4. The van der Waals surface area contributed by atoms with Crippen LogP contribution in [-0.2, 0) is 0 Å². The van der Waals surface area contributed by atoms with Crippen molar-refractivity contribution in [2.45, 2.75) is 19.3 Å². The van der Waals surface area contributed by atoms with Crippen LogP contribution in [0.25, 0.3) is 28.1 Å². The molecule has 6 rings (SSSR count). The van der Waals surface area contributed by atoms with Gasteiger partial charge >= 0.3 is 0 Å². The molecule has 1 aliphatic heterocycles. The van der Waals surface area contributed by atoms with Crippen LogP contribution in [0.15, 0.2) is 99.7 Å². The summed E-state index contributed by atoms with van der Waals surface area (Å²) >= 11 is 0. The molecular weight excluding hydrogens is 490 g/mol. The van der Waals surface area contributed by atoms with Crippen LogP contribution < -0.4 is 10.2 Å². The van der Waals surface area contributed by atoms with Crippen molar-refractivity contribution in [3.05, 3.63) is 112 Å². The zero-order valence-corrected chi connectivity index (χ0v) is 21.5. The minimum absolute atomic E-state index is 0.120. The highest BCUT2D eigenvalue weighted by molar-refractivity contribution is 5.82. The molecule has 0 saturated carbocycles. The number of aromatic nitrogens is 4. The Bertz CT molecular complexity index is 1580. The fourth-order valence-electron chi connectivity index (χ4n) is 5.20. The van der Waals surface area contributed by atoms with Crippen LogP contribution in [0, 0.1) is 0 Å². The first-order valence-electron chi connectivity index (χ1n) is 13.3. The number of likely N-dealkylation sites (tertiary alicyclic amines) is 1. The number of aromatic amines is 1. The van der Waals surface area contributed by atoms with Gasteiger partial charge < -0.3 is 14.1 Å². The van der Waals surface area contributed by atoms with E-state index in [1.807, 2.05) is 6.07 Å². The summed E-state index contributed by atoms with van der Waals surface area (Å²) < 4.78 is 11.9. The molecule has 196 valence electrons. The Morgan fingerprint density at radius 3 is 2.23 bits per heavy atom. The van der Waals surface area contributed by atoms with Gasteiger partial charge in [0.2, 0.25) is 22.8 Å². The smallest absolute Gasteiger partial charge is 0.243 e. The van der Waals surface area contributed by atoms with Crippen LogP contribution >= 0.6 is 0 Å². The van der Waals surface area contributed by atoms with Crippen molar-refractivity contribution in [3.63, 3.8) is 0 Å². The van der Waals surface area contributed by atoms with Crippen LogP contribution in [0.4, 0.5) is 0 Å². The Hall–Kier alpha value is -4.56. The molecule has 5 aromatic rings. The molecule has 0 atom stereocenters. The number of para-hydroxylation sites is 1. The number of hydrogen-bond acceptors (Lipinski definition) is 7. The molecule has 0 unspecified atom stereocenters. The zero-order chi connectivity index (χ0) is 26.4. The summed E-state index contributed by atoms with van der Waals surface area (Å²) in [5.41, 5.74) is 5.62. The third-order valence-electron chi connectivity index (χ3n) is 7.11. The van der Waals surface area contributed by atoms with Crippen molar-refractivity contribution < 1.29 is 9.15 Å². The summed E-state index contributed by atoms with van der Waals surface area (Å²) in [6, 6.07) is 28.4. The molecule has 1 fully saturated rings. The number of rotatable bonds is 8. The fraction of sp³-hybridized carbons (Fsp3) is 0.226. The maximum Gasteiger partial charge on any atom is 0.243 e. The monoisotopic (exact) mass is 519 g/mol. The molecule has 1 N–H and O–H groups in total. The quantitative estimate of drug-likeness (QED) is 0.276. The number of H-pyrrole nitrogens is 1. The second kappa shape index (κ2) is 11.4.